The van der Waals surface area contributed by atoms with Gasteiger partial charge in [0.25, 0.3) is 0 Å². The highest BCUT2D eigenvalue weighted by Gasteiger charge is 2.57. The predicted octanol–water partition coefficient (Wildman–Crippen LogP) is 4.62. The van der Waals surface area contributed by atoms with E-state index in [1.54, 1.807) is 18.7 Å². The van der Waals surface area contributed by atoms with Gasteiger partial charge in [-0.05, 0) is 74.2 Å². The second-order valence-corrected chi connectivity index (χ2v) is 9.89. The van der Waals surface area contributed by atoms with Gasteiger partial charge in [-0.2, -0.15) is 0 Å². The van der Waals surface area contributed by atoms with E-state index in [0.717, 1.165) is 18.8 Å². The smallest absolute Gasteiger partial charge is 0.302 e. The van der Waals surface area contributed by atoms with Crippen molar-refractivity contribution >= 4 is 11.7 Å². The fourth-order valence-electron chi connectivity index (χ4n) is 7.20. The molecule has 150 valence electrons. The summed E-state index contributed by atoms with van der Waals surface area (Å²) in [6.07, 6.45) is 16.8. The first kappa shape index (κ1) is 18.1. The van der Waals surface area contributed by atoms with Crippen molar-refractivity contribution in [1.82, 2.24) is 15.0 Å². The van der Waals surface area contributed by atoms with Crippen LogP contribution in [0.3, 0.4) is 0 Å². The van der Waals surface area contributed by atoms with Crippen molar-refractivity contribution in [2.24, 2.45) is 28.6 Å². The lowest BCUT2D eigenvalue weighted by atomic mass is 9.46. The van der Waals surface area contributed by atoms with E-state index in [4.69, 9.17) is 4.74 Å². The van der Waals surface area contributed by atoms with Gasteiger partial charge in [0.1, 0.15) is 6.10 Å². The molecule has 0 spiro atoms. The molecule has 1 heterocycles. The highest BCUT2D eigenvalue weighted by atomic mass is 16.5. The van der Waals surface area contributed by atoms with Crippen LogP contribution < -0.4 is 0 Å². The van der Waals surface area contributed by atoms with E-state index in [1.165, 1.54) is 37.8 Å². The summed E-state index contributed by atoms with van der Waals surface area (Å²) in [6.45, 7) is 6.48. The van der Waals surface area contributed by atoms with Gasteiger partial charge in [0, 0.05) is 12.3 Å². The largest absolute Gasteiger partial charge is 0.463 e. The van der Waals surface area contributed by atoms with Crippen molar-refractivity contribution in [3.8, 4) is 0 Å². The number of hydrogen-bond donors (Lipinski definition) is 0. The van der Waals surface area contributed by atoms with Crippen LogP contribution in [0.4, 0.5) is 0 Å². The second-order valence-electron chi connectivity index (χ2n) is 9.89. The van der Waals surface area contributed by atoms with Crippen molar-refractivity contribution in [3.05, 3.63) is 30.1 Å². The number of rotatable bonds is 2. The van der Waals surface area contributed by atoms with E-state index >= 15 is 0 Å². The van der Waals surface area contributed by atoms with Gasteiger partial charge in [-0.25, -0.2) is 4.68 Å². The Hall–Kier alpha value is -1.91. The van der Waals surface area contributed by atoms with E-state index in [-0.39, 0.29) is 17.5 Å². The fraction of sp³-hybridized carbons (Fsp3) is 0.696. The first-order valence-corrected chi connectivity index (χ1v) is 10.9. The third kappa shape index (κ3) is 2.54. The summed E-state index contributed by atoms with van der Waals surface area (Å²) in [5.74, 6) is 1.97. The van der Waals surface area contributed by atoms with Gasteiger partial charge in [0.2, 0.25) is 0 Å². The lowest BCUT2D eigenvalue weighted by Crippen LogP contribution is -2.52. The Morgan fingerprint density at radius 3 is 2.79 bits per heavy atom. The lowest BCUT2D eigenvalue weighted by Gasteiger charge is -2.59. The number of ether oxygens (including phenoxy) is 1. The van der Waals surface area contributed by atoms with Gasteiger partial charge >= 0.3 is 5.97 Å². The van der Waals surface area contributed by atoms with Gasteiger partial charge in [0.05, 0.1) is 18.1 Å². The summed E-state index contributed by atoms with van der Waals surface area (Å²) in [6, 6.07) is 0. The number of allylic oxidation sites excluding steroid dienone is 4. The first-order chi connectivity index (χ1) is 13.4. The van der Waals surface area contributed by atoms with Crippen molar-refractivity contribution < 1.29 is 9.53 Å². The molecule has 4 aliphatic rings. The molecule has 0 bridgehead atoms. The molecule has 3 saturated carbocycles. The van der Waals surface area contributed by atoms with Crippen LogP contribution in [0, 0.1) is 28.6 Å². The van der Waals surface area contributed by atoms with Crippen LogP contribution in [-0.2, 0) is 9.53 Å². The second kappa shape index (κ2) is 6.30. The minimum atomic E-state index is -0.126. The van der Waals surface area contributed by atoms with E-state index < -0.39 is 0 Å². The normalized spacial score (nSPS) is 42.0. The van der Waals surface area contributed by atoms with E-state index in [1.807, 2.05) is 10.9 Å². The van der Waals surface area contributed by atoms with Crippen molar-refractivity contribution in [2.45, 2.75) is 71.8 Å². The lowest BCUT2D eigenvalue weighted by molar-refractivity contribution is -0.154. The third-order valence-electron chi connectivity index (χ3n) is 8.62. The maximum Gasteiger partial charge on any atom is 0.302 e. The summed E-state index contributed by atoms with van der Waals surface area (Å²) in [5.41, 5.74) is 3.37. The molecule has 0 saturated heterocycles. The standard InChI is InChI=1S/C23H31N3O2/c1-15(27)28-17-8-10-22(2)16(14-17)4-5-18-19-6-7-21(26-13-12-24-25-26)23(19,3)11-9-20(18)22/h6-7,12-13,16-18,20H,4-5,8-11,14H2,1-3H3/t16-,17-,18-,20-,22-,23-/m0/s1. The van der Waals surface area contributed by atoms with E-state index in [2.05, 4.69) is 36.3 Å². The Kier molecular flexibility index (Phi) is 4.08. The highest BCUT2D eigenvalue weighted by Crippen LogP contribution is 2.65. The minimum Gasteiger partial charge on any atom is -0.463 e. The monoisotopic (exact) mass is 381 g/mol. The molecule has 0 N–H and O–H groups in total. The van der Waals surface area contributed by atoms with E-state index in [0.29, 0.717) is 17.3 Å². The Morgan fingerprint density at radius 1 is 1.18 bits per heavy atom. The van der Waals surface area contributed by atoms with Gasteiger partial charge in [-0.1, -0.05) is 30.7 Å². The highest BCUT2D eigenvalue weighted by molar-refractivity contribution is 5.66. The van der Waals surface area contributed by atoms with Crippen LogP contribution >= 0.6 is 0 Å². The summed E-state index contributed by atoms with van der Waals surface area (Å²) < 4.78 is 7.55. The maximum atomic E-state index is 11.4. The predicted molar refractivity (Wildman–Crippen MR) is 107 cm³/mol. The summed E-state index contributed by atoms with van der Waals surface area (Å²) in [5, 5.41) is 8.30. The molecule has 6 atom stereocenters. The maximum absolute atomic E-state index is 11.4. The number of fused-ring (bicyclic) bond motifs is 5. The van der Waals surface area contributed by atoms with Crippen LogP contribution in [-0.4, -0.2) is 27.1 Å². The number of esters is 1. The summed E-state index contributed by atoms with van der Waals surface area (Å²) in [7, 11) is 0. The Labute approximate surface area is 167 Å². The SMILES string of the molecule is CC(=O)O[C@H]1CC[C@@]2(C)[C@@H](CC[C@H]3C4=CC=C(n5ccnn5)[C@@]4(C)CC[C@@H]32)C1. The zero-order chi connectivity index (χ0) is 19.5. The average molecular weight is 382 g/mol. The molecule has 5 rings (SSSR count). The minimum absolute atomic E-state index is 0.0903. The summed E-state index contributed by atoms with van der Waals surface area (Å²) >= 11 is 0. The molecule has 4 aliphatic carbocycles. The molecule has 0 aromatic carbocycles. The number of hydrogen-bond acceptors (Lipinski definition) is 4. The number of aromatic nitrogens is 3. The average Bonchev–Trinajstić information content (AvgIpc) is 3.28. The summed E-state index contributed by atoms with van der Waals surface area (Å²) in [4.78, 5) is 11.4. The van der Waals surface area contributed by atoms with Gasteiger partial charge in [0.15, 0.2) is 0 Å². The van der Waals surface area contributed by atoms with Gasteiger partial charge in [-0.15, -0.1) is 5.10 Å². The molecule has 5 nitrogen and oxygen atoms in total. The topological polar surface area (TPSA) is 57.0 Å². The molecule has 28 heavy (non-hydrogen) atoms. The molecule has 5 heteroatoms. The van der Waals surface area contributed by atoms with E-state index in [9.17, 15) is 4.79 Å². The van der Waals surface area contributed by atoms with Crippen LogP contribution in [0.25, 0.3) is 5.70 Å². The molecule has 0 amide bonds. The Morgan fingerprint density at radius 2 is 2.04 bits per heavy atom. The molecule has 0 aliphatic heterocycles. The van der Waals surface area contributed by atoms with Crippen molar-refractivity contribution in [1.29, 1.82) is 0 Å². The van der Waals surface area contributed by atoms with Crippen LogP contribution in [0.15, 0.2) is 30.1 Å². The Bertz CT molecular complexity index is 842. The third-order valence-corrected chi connectivity index (χ3v) is 8.62. The molecule has 3 fully saturated rings. The Balaban J connectivity index is 1.38. The number of carbonyl (C=O) groups excluding carboxylic acids is 1. The number of carbonyl (C=O) groups is 1. The molecular weight excluding hydrogens is 350 g/mol. The zero-order valence-corrected chi connectivity index (χ0v) is 17.2. The molecular formula is C23H31N3O2. The zero-order valence-electron chi connectivity index (χ0n) is 17.2. The first-order valence-electron chi connectivity index (χ1n) is 10.9. The van der Waals surface area contributed by atoms with Crippen LogP contribution in [0.1, 0.15) is 65.7 Å². The molecule has 1 aromatic heterocycles. The van der Waals surface area contributed by atoms with Crippen molar-refractivity contribution in [3.63, 3.8) is 0 Å². The molecule has 0 radical (unpaired) electrons. The number of nitrogens with zero attached hydrogens (tertiary/aromatic N) is 3. The molecule has 1 aromatic rings. The fourth-order valence-corrected chi connectivity index (χ4v) is 7.20. The van der Waals surface area contributed by atoms with Gasteiger partial charge in [-0.3, -0.25) is 4.79 Å². The van der Waals surface area contributed by atoms with Crippen LogP contribution in [0.5, 0.6) is 0 Å². The van der Waals surface area contributed by atoms with Crippen LogP contribution in [0.2, 0.25) is 0 Å². The van der Waals surface area contributed by atoms with Gasteiger partial charge < -0.3 is 4.74 Å². The molecule has 0 unspecified atom stereocenters. The van der Waals surface area contributed by atoms with Crippen molar-refractivity contribution in [2.75, 3.05) is 0 Å². The quantitative estimate of drug-likeness (QED) is 0.701.